The van der Waals surface area contributed by atoms with Gasteiger partial charge in [-0.1, -0.05) is 0 Å². The van der Waals surface area contributed by atoms with E-state index in [9.17, 15) is 9.90 Å². The molecule has 1 aliphatic rings. The number of nitrogens with zero attached hydrogens (tertiary/aromatic N) is 3. The van der Waals surface area contributed by atoms with Crippen molar-refractivity contribution in [2.45, 2.75) is 6.54 Å². The second-order valence-corrected chi connectivity index (χ2v) is 7.51. The van der Waals surface area contributed by atoms with Crippen LogP contribution < -0.4 is 15.4 Å². The van der Waals surface area contributed by atoms with Gasteiger partial charge in [-0.2, -0.15) is 0 Å². The van der Waals surface area contributed by atoms with Crippen LogP contribution in [0.5, 0.6) is 5.75 Å². The van der Waals surface area contributed by atoms with Crippen LogP contribution in [0.3, 0.4) is 0 Å². The van der Waals surface area contributed by atoms with E-state index < -0.39 is 0 Å². The number of rotatable bonds is 3. The summed E-state index contributed by atoms with van der Waals surface area (Å²) in [5.41, 5.74) is 2.60. The molecule has 1 saturated heterocycles. The summed E-state index contributed by atoms with van der Waals surface area (Å²) in [5, 5.41) is 9.41. The average Bonchev–Trinajstić information content (AvgIpc) is 2.64. The highest BCUT2D eigenvalue weighted by atomic mass is 79.9. The van der Waals surface area contributed by atoms with Crippen molar-refractivity contribution in [3.05, 3.63) is 69.2 Å². The molecule has 0 saturated carbocycles. The summed E-state index contributed by atoms with van der Waals surface area (Å²) in [6.07, 6.45) is 1.75. The molecule has 1 aliphatic heterocycles. The quantitative estimate of drug-likeness (QED) is 0.671. The van der Waals surface area contributed by atoms with Crippen molar-refractivity contribution in [3.63, 3.8) is 0 Å². The first kappa shape index (κ1) is 17.1. The molecule has 0 spiro atoms. The Hall–Kier alpha value is -2.38. The number of pyridine rings is 1. The number of benzene rings is 1. The molecule has 7 heteroatoms. The SMILES string of the molecule is O=c1cc(C[NH+]2CCN(c3ccc(O)cc3)CC2)nc2ccc(Br)cn12. The number of halogens is 1. The van der Waals surface area contributed by atoms with Gasteiger partial charge in [-0.05, 0) is 52.3 Å². The van der Waals surface area contributed by atoms with Crippen LogP contribution in [-0.2, 0) is 6.54 Å². The van der Waals surface area contributed by atoms with Gasteiger partial charge in [0.2, 0.25) is 0 Å². The van der Waals surface area contributed by atoms with Crippen LogP contribution in [0.1, 0.15) is 5.69 Å². The zero-order valence-electron chi connectivity index (χ0n) is 14.2. The highest BCUT2D eigenvalue weighted by molar-refractivity contribution is 9.10. The molecule has 134 valence electrons. The topological polar surface area (TPSA) is 62.3 Å². The first-order valence-corrected chi connectivity index (χ1v) is 9.43. The maximum Gasteiger partial charge on any atom is 0.258 e. The number of hydrogen-bond donors (Lipinski definition) is 2. The third-order valence-electron chi connectivity index (χ3n) is 4.79. The van der Waals surface area contributed by atoms with Crippen LogP contribution in [0.15, 0.2) is 57.9 Å². The molecule has 3 aromatic rings. The summed E-state index contributed by atoms with van der Waals surface area (Å²) in [7, 11) is 0. The van der Waals surface area contributed by atoms with Gasteiger partial charge >= 0.3 is 0 Å². The first-order chi connectivity index (χ1) is 12.6. The number of aromatic hydroxyl groups is 1. The molecule has 0 unspecified atom stereocenters. The Balaban J connectivity index is 1.44. The van der Waals surface area contributed by atoms with E-state index in [1.165, 1.54) is 4.90 Å². The van der Waals surface area contributed by atoms with Gasteiger partial charge in [0.05, 0.1) is 26.2 Å². The minimum Gasteiger partial charge on any atom is -0.508 e. The molecule has 4 rings (SSSR count). The fraction of sp³-hybridized carbons (Fsp3) is 0.263. The van der Waals surface area contributed by atoms with Crippen molar-refractivity contribution in [1.82, 2.24) is 9.38 Å². The normalized spacial score (nSPS) is 15.5. The lowest BCUT2D eigenvalue weighted by atomic mass is 10.2. The number of aromatic nitrogens is 2. The van der Waals surface area contributed by atoms with Crippen LogP contribution in [-0.4, -0.2) is 40.7 Å². The van der Waals surface area contributed by atoms with Crippen molar-refractivity contribution < 1.29 is 10.0 Å². The Morgan fingerprint density at radius 3 is 2.58 bits per heavy atom. The first-order valence-electron chi connectivity index (χ1n) is 8.64. The lowest BCUT2D eigenvalue weighted by Crippen LogP contribution is -3.13. The third kappa shape index (κ3) is 3.59. The second-order valence-electron chi connectivity index (χ2n) is 6.59. The Morgan fingerprint density at radius 2 is 1.85 bits per heavy atom. The summed E-state index contributed by atoms with van der Waals surface area (Å²) in [6, 6.07) is 12.7. The molecule has 0 aliphatic carbocycles. The van der Waals surface area contributed by atoms with Gasteiger partial charge in [-0.15, -0.1) is 0 Å². The monoisotopic (exact) mass is 415 g/mol. The summed E-state index contributed by atoms with van der Waals surface area (Å²) >= 11 is 3.38. The largest absolute Gasteiger partial charge is 0.508 e. The number of phenols is 1. The van der Waals surface area contributed by atoms with Crippen molar-refractivity contribution in [3.8, 4) is 5.75 Å². The molecule has 2 aromatic heterocycles. The fourth-order valence-corrected chi connectivity index (χ4v) is 3.73. The maximum absolute atomic E-state index is 12.3. The Kier molecular flexibility index (Phi) is 4.65. The zero-order chi connectivity index (χ0) is 18.1. The van der Waals surface area contributed by atoms with Crippen LogP contribution in [0, 0.1) is 0 Å². The molecule has 0 radical (unpaired) electrons. The van der Waals surface area contributed by atoms with E-state index in [0.29, 0.717) is 11.4 Å². The highest BCUT2D eigenvalue weighted by Crippen LogP contribution is 2.18. The summed E-state index contributed by atoms with van der Waals surface area (Å²) < 4.78 is 2.42. The minimum absolute atomic E-state index is 0.0478. The van der Waals surface area contributed by atoms with Crippen LogP contribution in [0.25, 0.3) is 5.65 Å². The van der Waals surface area contributed by atoms with E-state index in [1.54, 1.807) is 28.8 Å². The lowest BCUT2D eigenvalue weighted by Gasteiger charge is -2.33. The molecule has 3 heterocycles. The van der Waals surface area contributed by atoms with Crippen LogP contribution >= 0.6 is 15.9 Å². The van der Waals surface area contributed by atoms with Gasteiger partial charge in [0.15, 0.2) is 0 Å². The van der Waals surface area contributed by atoms with E-state index in [0.717, 1.165) is 48.6 Å². The standard InChI is InChI=1S/C19H19BrN4O2/c20-14-1-6-18-21-15(11-19(26)24(18)12-14)13-22-7-9-23(10-8-22)16-2-4-17(25)5-3-16/h1-6,11-12,25H,7-10,13H2/p+1. The molecule has 0 amide bonds. The Labute approximate surface area is 159 Å². The molecule has 1 aromatic carbocycles. The van der Waals surface area contributed by atoms with Gasteiger partial charge < -0.3 is 14.9 Å². The Bertz CT molecular complexity index is 979. The molecular weight excluding hydrogens is 396 g/mol. The van der Waals surface area contributed by atoms with Crippen molar-refractivity contribution in [1.29, 1.82) is 0 Å². The van der Waals surface area contributed by atoms with Crippen LogP contribution in [0.2, 0.25) is 0 Å². The number of hydrogen-bond acceptors (Lipinski definition) is 4. The Morgan fingerprint density at radius 1 is 1.12 bits per heavy atom. The number of nitrogens with one attached hydrogen (secondary N) is 1. The van der Waals surface area contributed by atoms with E-state index in [2.05, 4.69) is 25.8 Å². The molecule has 0 bridgehead atoms. The van der Waals surface area contributed by atoms with Crippen molar-refractivity contribution in [2.75, 3.05) is 31.1 Å². The predicted molar refractivity (Wildman–Crippen MR) is 104 cm³/mol. The molecule has 0 atom stereocenters. The van der Waals surface area contributed by atoms with E-state index in [1.807, 2.05) is 24.3 Å². The number of piperazine rings is 1. The summed E-state index contributed by atoms with van der Waals surface area (Å²) in [6.45, 7) is 4.62. The van der Waals surface area contributed by atoms with Gasteiger partial charge in [-0.25, -0.2) is 4.98 Å². The van der Waals surface area contributed by atoms with E-state index >= 15 is 0 Å². The smallest absolute Gasteiger partial charge is 0.258 e. The highest BCUT2D eigenvalue weighted by Gasteiger charge is 2.21. The summed E-state index contributed by atoms with van der Waals surface area (Å²) in [5.74, 6) is 0.290. The van der Waals surface area contributed by atoms with Gasteiger partial charge in [0, 0.05) is 22.4 Å². The lowest BCUT2D eigenvalue weighted by molar-refractivity contribution is -0.914. The van der Waals surface area contributed by atoms with Crippen LogP contribution in [0.4, 0.5) is 5.69 Å². The molecule has 26 heavy (non-hydrogen) atoms. The number of anilines is 1. The van der Waals surface area contributed by atoms with Crippen molar-refractivity contribution in [2.24, 2.45) is 0 Å². The molecule has 2 N–H and O–H groups in total. The molecule has 1 fully saturated rings. The number of quaternary nitrogens is 1. The van der Waals surface area contributed by atoms with Gasteiger partial charge in [-0.3, -0.25) is 9.20 Å². The summed E-state index contributed by atoms with van der Waals surface area (Å²) in [4.78, 5) is 20.7. The predicted octanol–water partition coefficient (Wildman–Crippen LogP) is 1.07. The van der Waals surface area contributed by atoms with Gasteiger partial charge in [0.1, 0.15) is 23.6 Å². The minimum atomic E-state index is -0.0478. The van der Waals surface area contributed by atoms with Crippen molar-refractivity contribution >= 4 is 27.3 Å². The fourth-order valence-electron chi connectivity index (χ4n) is 3.39. The van der Waals surface area contributed by atoms with E-state index in [-0.39, 0.29) is 5.56 Å². The van der Waals surface area contributed by atoms with E-state index in [4.69, 9.17) is 0 Å². The number of fused-ring (bicyclic) bond motifs is 1. The average molecular weight is 416 g/mol. The van der Waals surface area contributed by atoms with Gasteiger partial charge in [0.25, 0.3) is 5.56 Å². The molecule has 6 nitrogen and oxygen atoms in total. The third-order valence-corrected chi connectivity index (χ3v) is 5.26. The number of phenolic OH excluding ortho intramolecular Hbond substituents is 1. The zero-order valence-corrected chi connectivity index (χ0v) is 15.8. The second kappa shape index (κ2) is 7.09. The maximum atomic E-state index is 12.3. The molecular formula is C19H20BrN4O2+.